The highest BCUT2D eigenvalue weighted by atomic mass is 16.7. The second kappa shape index (κ2) is 4.24. The molecule has 1 fully saturated rings. The molecule has 90 valence electrons. The Morgan fingerprint density at radius 1 is 1.35 bits per heavy atom. The largest absolute Gasteiger partial charge is 0.399 e. The summed E-state index contributed by atoms with van der Waals surface area (Å²) in [5.74, 6) is -0.548. The molecule has 0 spiro atoms. The number of nitriles is 1. The Kier molecular flexibility index (Phi) is 2.92. The summed E-state index contributed by atoms with van der Waals surface area (Å²) < 4.78 is 10.6. The zero-order valence-corrected chi connectivity index (χ0v) is 9.93. The van der Waals surface area contributed by atoms with E-state index in [0.717, 1.165) is 5.69 Å². The van der Waals surface area contributed by atoms with Crippen LogP contribution < -0.4 is 10.6 Å². The van der Waals surface area contributed by atoms with E-state index in [-0.39, 0.29) is 0 Å². The Bertz CT molecular complexity index is 455. The molecule has 1 heterocycles. The number of ether oxygens (including phenoxy) is 2. The number of hydrogen-bond acceptors (Lipinski definition) is 5. The molecule has 1 aliphatic rings. The number of rotatable bonds is 3. The van der Waals surface area contributed by atoms with Crippen molar-refractivity contribution in [3.63, 3.8) is 0 Å². The summed E-state index contributed by atoms with van der Waals surface area (Å²) in [6.45, 7) is 1.22. The zero-order valence-electron chi connectivity index (χ0n) is 9.93. The third-order valence-corrected chi connectivity index (χ3v) is 3.09. The lowest BCUT2D eigenvalue weighted by atomic mass is 10.0. The lowest BCUT2D eigenvalue weighted by molar-refractivity contribution is -0.219. The number of nitrogen functional groups attached to an aromatic ring is 1. The molecule has 0 radical (unpaired) electrons. The third kappa shape index (κ3) is 1.93. The smallest absolute Gasteiger partial charge is 0.203 e. The highest BCUT2D eigenvalue weighted by molar-refractivity contribution is 5.65. The number of methoxy groups -OCH3 is 2. The SMILES string of the molecule is COC1(OC)CN(c2ccc(N)cc2C#N)C1. The number of nitrogens with zero attached hydrogens (tertiary/aromatic N) is 2. The molecular weight excluding hydrogens is 218 g/mol. The Labute approximate surface area is 100 Å². The van der Waals surface area contributed by atoms with Crippen molar-refractivity contribution in [2.45, 2.75) is 5.79 Å². The Morgan fingerprint density at radius 3 is 2.53 bits per heavy atom. The molecule has 5 nitrogen and oxygen atoms in total. The summed E-state index contributed by atoms with van der Waals surface area (Å²) in [6, 6.07) is 7.46. The van der Waals surface area contributed by atoms with Gasteiger partial charge in [-0.1, -0.05) is 0 Å². The van der Waals surface area contributed by atoms with Gasteiger partial charge in [0.2, 0.25) is 5.79 Å². The van der Waals surface area contributed by atoms with Gasteiger partial charge in [-0.15, -0.1) is 0 Å². The fourth-order valence-corrected chi connectivity index (χ4v) is 1.97. The first-order valence-corrected chi connectivity index (χ1v) is 5.29. The lowest BCUT2D eigenvalue weighted by Crippen LogP contribution is -2.64. The maximum Gasteiger partial charge on any atom is 0.203 e. The van der Waals surface area contributed by atoms with Crippen LogP contribution in [0, 0.1) is 11.3 Å². The van der Waals surface area contributed by atoms with Gasteiger partial charge in [-0.05, 0) is 18.2 Å². The van der Waals surface area contributed by atoms with E-state index in [0.29, 0.717) is 24.3 Å². The summed E-state index contributed by atoms with van der Waals surface area (Å²) in [7, 11) is 3.24. The molecule has 0 unspecified atom stereocenters. The number of benzene rings is 1. The van der Waals surface area contributed by atoms with Gasteiger partial charge >= 0.3 is 0 Å². The van der Waals surface area contributed by atoms with Crippen LogP contribution in [-0.2, 0) is 9.47 Å². The van der Waals surface area contributed by atoms with Gasteiger partial charge in [0, 0.05) is 19.9 Å². The molecule has 2 N–H and O–H groups in total. The van der Waals surface area contributed by atoms with Crippen molar-refractivity contribution in [1.82, 2.24) is 0 Å². The van der Waals surface area contributed by atoms with Crippen molar-refractivity contribution in [3.05, 3.63) is 23.8 Å². The van der Waals surface area contributed by atoms with Crippen LogP contribution in [0.4, 0.5) is 11.4 Å². The molecule has 2 rings (SSSR count). The standard InChI is InChI=1S/C12H15N3O2/c1-16-12(17-2)7-15(8-12)11-4-3-10(14)5-9(11)6-13/h3-5H,7-8,14H2,1-2H3. The average Bonchev–Trinajstić information content (AvgIpc) is 2.30. The molecule has 1 saturated heterocycles. The second-order valence-electron chi connectivity index (χ2n) is 4.06. The molecule has 1 aromatic rings. The fourth-order valence-electron chi connectivity index (χ4n) is 1.97. The third-order valence-electron chi connectivity index (χ3n) is 3.09. The van der Waals surface area contributed by atoms with E-state index < -0.39 is 5.79 Å². The van der Waals surface area contributed by atoms with Crippen molar-refractivity contribution in [2.75, 3.05) is 37.9 Å². The van der Waals surface area contributed by atoms with Gasteiger partial charge in [0.25, 0.3) is 0 Å². The highest BCUT2D eigenvalue weighted by Crippen LogP contribution is 2.33. The quantitative estimate of drug-likeness (QED) is 0.621. The molecule has 1 aliphatic heterocycles. The highest BCUT2D eigenvalue weighted by Gasteiger charge is 2.44. The first-order chi connectivity index (χ1) is 8.14. The van der Waals surface area contributed by atoms with Gasteiger partial charge in [0.05, 0.1) is 24.3 Å². The van der Waals surface area contributed by atoms with E-state index in [1.807, 2.05) is 11.0 Å². The van der Waals surface area contributed by atoms with E-state index in [1.54, 1.807) is 26.4 Å². The maximum atomic E-state index is 9.06. The second-order valence-corrected chi connectivity index (χ2v) is 4.06. The Balaban J connectivity index is 2.19. The predicted molar refractivity (Wildman–Crippen MR) is 64.5 cm³/mol. The summed E-state index contributed by atoms with van der Waals surface area (Å²) in [5.41, 5.74) is 7.68. The summed E-state index contributed by atoms with van der Waals surface area (Å²) in [5, 5.41) is 9.06. The molecule has 0 bridgehead atoms. The normalized spacial score (nSPS) is 17.4. The molecule has 0 aromatic heterocycles. The van der Waals surface area contributed by atoms with E-state index in [4.69, 9.17) is 20.5 Å². The first kappa shape index (κ1) is 11.7. The van der Waals surface area contributed by atoms with Crippen LogP contribution in [0.15, 0.2) is 18.2 Å². The molecule has 1 aromatic carbocycles. The van der Waals surface area contributed by atoms with Crippen LogP contribution in [0.1, 0.15) is 5.56 Å². The van der Waals surface area contributed by atoms with Crippen LogP contribution in [-0.4, -0.2) is 33.1 Å². The van der Waals surface area contributed by atoms with Crippen molar-refractivity contribution in [2.24, 2.45) is 0 Å². The van der Waals surface area contributed by atoms with E-state index in [2.05, 4.69) is 6.07 Å². The average molecular weight is 233 g/mol. The van der Waals surface area contributed by atoms with Crippen LogP contribution >= 0.6 is 0 Å². The van der Waals surface area contributed by atoms with Crippen LogP contribution in [0.5, 0.6) is 0 Å². The Morgan fingerprint density at radius 2 is 2.00 bits per heavy atom. The van der Waals surface area contributed by atoms with Gasteiger partial charge in [0.15, 0.2) is 0 Å². The van der Waals surface area contributed by atoms with E-state index in [1.165, 1.54) is 0 Å². The van der Waals surface area contributed by atoms with Crippen molar-refractivity contribution in [3.8, 4) is 6.07 Å². The van der Waals surface area contributed by atoms with Gasteiger partial charge in [0.1, 0.15) is 6.07 Å². The number of hydrogen-bond donors (Lipinski definition) is 1. The molecular formula is C12H15N3O2. The molecule has 0 aliphatic carbocycles. The summed E-state index contributed by atoms with van der Waals surface area (Å²) in [4.78, 5) is 2.03. The monoisotopic (exact) mass is 233 g/mol. The summed E-state index contributed by atoms with van der Waals surface area (Å²) in [6.07, 6.45) is 0. The minimum Gasteiger partial charge on any atom is -0.399 e. The maximum absolute atomic E-state index is 9.06. The molecule has 17 heavy (non-hydrogen) atoms. The van der Waals surface area contributed by atoms with Crippen molar-refractivity contribution in [1.29, 1.82) is 5.26 Å². The van der Waals surface area contributed by atoms with E-state index >= 15 is 0 Å². The van der Waals surface area contributed by atoms with Gasteiger partial charge in [-0.25, -0.2) is 0 Å². The molecule has 5 heteroatoms. The number of nitrogens with two attached hydrogens (primary N) is 1. The Hall–Kier alpha value is -1.77. The zero-order chi connectivity index (χ0) is 12.5. The molecule has 0 atom stereocenters. The van der Waals surface area contributed by atoms with Crippen LogP contribution in [0.25, 0.3) is 0 Å². The van der Waals surface area contributed by atoms with Crippen LogP contribution in [0.2, 0.25) is 0 Å². The van der Waals surface area contributed by atoms with Gasteiger partial charge in [-0.2, -0.15) is 5.26 Å². The predicted octanol–water partition coefficient (Wildman–Crippen LogP) is 0.950. The minimum absolute atomic E-state index is 0.548. The molecule has 0 amide bonds. The van der Waals surface area contributed by atoms with Crippen molar-refractivity contribution >= 4 is 11.4 Å². The molecule has 0 saturated carbocycles. The lowest BCUT2D eigenvalue weighted by Gasteiger charge is -2.48. The topological polar surface area (TPSA) is 71.5 Å². The first-order valence-electron chi connectivity index (χ1n) is 5.29. The van der Waals surface area contributed by atoms with Gasteiger partial charge in [-0.3, -0.25) is 0 Å². The van der Waals surface area contributed by atoms with E-state index in [9.17, 15) is 0 Å². The van der Waals surface area contributed by atoms with Crippen molar-refractivity contribution < 1.29 is 9.47 Å². The number of anilines is 2. The van der Waals surface area contributed by atoms with Crippen LogP contribution in [0.3, 0.4) is 0 Å². The fraction of sp³-hybridized carbons (Fsp3) is 0.417. The van der Waals surface area contributed by atoms with Gasteiger partial charge < -0.3 is 20.1 Å². The summed E-state index contributed by atoms with van der Waals surface area (Å²) >= 11 is 0. The minimum atomic E-state index is -0.548.